The van der Waals surface area contributed by atoms with E-state index in [2.05, 4.69) is 191 Å². The number of hydrogen-bond acceptors (Lipinski definition) is 2. The zero-order valence-electron chi connectivity index (χ0n) is 31.2. The van der Waals surface area contributed by atoms with Gasteiger partial charge < -0.3 is 13.6 Å². The molecular weight excluding hydrogens is 725 g/mol. The van der Waals surface area contributed by atoms with Crippen molar-refractivity contribution in [1.82, 2.24) is 9.13 Å². The molecule has 0 bridgehead atoms. The molecule has 0 N–H and O–H groups in total. The van der Waals surface area contributed by atoms with E-state index in [1.807, 2.05) is 23.5 Å². The average molecular weight is 757 g/mol. The minimum absolute atomic E-state index is 0.905. The summed E-state index contributed by atoms with van der Waals surface area (Å²) in [7, 11) is 0. The largest absolute Gasteiger partial charge is 0.456 e. The van der Waals surface area contributed by atoms with Gasteiger partial charge in [0.25, 0.3) is 0 Å². The summed E-state index contributed by atoms with van der Waals surface area (Å²) >= 11 is 1.86. The third-order valence-electron chi connectivity index (χ3n) is 12.1. The molecule has 4 heteroatoms. The van der Waals surface area contributed by atoms with Crippen molar-refractivity contribution < 1.29 is 4.42 Å². The van der Waals surface area contributed by atoms with Gasteiger partial charge in [0.2, 0.25) is 0 Å². The summed E-state index contributed by atoms with van der Waals surface area (Å²) < 4.78 is 13.7. The third kappa shape index (κ3) is 4.61. The van der Waals surface area contributed by atoms with Gasteiger partial charge in [-0.25, -0.2) is 0 Å². The zero-order valence-corrected chi connectivity index (χ0v) is 32.0. The maximum absolute atomic E-state index is 6.18. The number of benzene rings is 9. The zero-order chi connectivity index (χ0) is 37.9. The minimum atomic E-state index is 0.905. The van der Waals surface area contributed by atoms with E-state index in [4.69, 9.17) is 4.42 Å². The summed E-state index contributed by atoms with van der Waals surface area (Å²) in [5.41, 5.74) is 13.7. The number of thiophene rings is 1. The monoisotopic (exact) mass is 756 g/mol. The van der Waals surface area contributed by atoms with Crippen molar-refractivity contribution in [2.75, 3.05) is 0 Å². The molecule has 0 amide bonds. The Balaban J connectivity index is 0.941. The summed E-state index contributed by atoms with van der Waals surface area (Å²) in [5.74, 6) is 0. The van der Waals surface area contributed by atoms with Crippen molar-refractivity contribution >= 4 is 97.1 Å². The van der Waals surface area contributed by atoms with Gasteiger partial charge in [0.05, 0.1) is 22.1 Å². The quantitative estimate of drug-likeness (QED) is 0.175. The molecule has 0 fully saturated rings. The molecule has 0 saturated heterocycles. The molecule has 0 saturated carbocycles. The summed E-state index contributed by atoms with van der Waals surface area (Å²) in [5, 5.41) is 9.87. The molecule has 0 spiro atoms. The third-order valence-corrected chi connectivity index (χ3v) is 13.3. The van der Waals surface area contributed by atoms with E-state index in [0.717, 1.165) is 33.3 Å². The Kier molecular flexibility index (Phi) is 6.60. The summed E-state index contributed by atoms with van der Waals surface area (Å²) in [4.78, 5) is 0. The van der Waals surface area contributed by atoms with Crippen LogP contribution >= 0.6 is 11.3 Å². The van der Waals surface area contributed by atoms with Crippen LogP contribution in [0.4, 0.5) is 0 Å². The van der Waals surface area contributed by atoms with Crippen molar-refractivity contribution in [3.8, 4) is 33.6 Å². The summed E-state index contributed by atoms with van der Waals surface area (Å²) in [6.45, 7) is 0. The fourth-order valence-corrected chi connectivity index (χ4v) is 10.5. The SMILES string of the molecule is c1cc(-c2ccc3sc4ccccc4c3c2)cc(-n2c3ccccc3c3cc(-c4ccc5c(c4)c4ccccc4n5-c4ccc5oc6ccccc6c5c4)ccc32)c1. The lowest BCUT2D eigenvalue weighted by atomic mass is 10.0. The molecule has 4 heterocycles. The van der Waals surface area contributed by atoms with Crippen molar-refractivity contribution in [1.29, 1.82) is 0 Å². The summed E-state index contributed by atoms with van der Waals surface area (Å²) in [6, 6.07) is 70.9. The molecular formula is C54H32N2OS. The van der Waals surface area contributed by atoms with Crippen molar-refractivity contribution in [2.45, 2.75) is 0 Å². The second-order valence-electron chi connectivity index (χ2n) is 15.3. The highest BCUT2D eigenvalue weighted by Crippen LogP contribution is 2.41. The van der Waals surface area contributed by atoms with E-state index >= 15 is 0 Å². The van der Waals surface area contributed by atoms with Crippen molar-refractivity contribution in [3.63, 3.8) is 0 Å². The molecule has 9 aromatic carbocycles. The number of hydrogen-bond donors (Lipinski definition) is 0. The van der Waals surface area contributed by atoms with E-state index in [1.165, 1.54) is 86.0 Å². The lowest BCUT2D eigenvalue weighted by Crippen LogP contribution is -1.94. The van der Waals surface area contributed by atoms with E-state index in [1.54, 1.807) is 0 Å². The predicted molar refractivity (Wildman–Crippen MR) is 246 cm³/mol. The van der Waals surface area contributed by atoms with Gasteiger partial charge in [0.15, 0.2) is 0 Å². The first-order valence-corrected chi connectivity index (χ1v) is 20.6. The van der Waals surface area contributed by atoms with Gasteiger partial charge in [-0.3, -0.25) is 0 Å². The summed E-state index contributed by atoms with van der Waals surface area (Å²) in [6.07, 6.45) is 0. The fourth-order valence-electron chi connectivity index (χ4n) is 9.44. The van der Waals surface area contributed by atoms with Gasteiger partial charge >= 0.3 is 0 Å². The lowest BCUT2D eigenvalue weighted by Gasteiger charge is -2.11. The van der Waals surface area contributed by atoms with Gasteiger partial charge in [-0.05, 0) is 113 Å². The second-order valence-corrected chi connectivity index (χ2v) is 16.4. The van der Waals surface area contributed by atoms with Gasteiger partial charge in [-0.15, -0.1) is 11.3 Å². The number of nitrogens with zero attached hydrogens (tertiary/aromatic N) is 2. The highest BCUT2D eigenvalue weighted by molar-refractivity contribution is 7.25. The smallest absolute Gasteiger partial charge is 0.135 e. The van der Waals surface area contributed by atoms with Crippen LogP contribution in [0, 0.1) is 0 Å². The molecule has 0 unspecified atom stereocenters. The van der Waals surface area contributed by atoms with Crippen LogP contribution in [0.5, 0.6) is 0 Å². The standard InChI is InChI=1S/C54H32N2OS/c1-5-16-47-39(12-1)43-29-34(20-24-49(43)55(47)37-11-9-10-33(28-37)36-22-27-54-46(31-36)42-15-4-8-19-53(42)58-54)35-21-25-50-44(30-35)40-13-2-6-17-48(40)56(50)38-23-26-52-45(32-38)41-14-3-7-18-51(41)57-52/h1-32H. The van der Waals surface area contributed by atoms with Crippen LogP contribution in [0.25, 0.3) is 119 Å². The second kappa shape index (κ2) is 12.1. The Morgan fingerprint density at radius 1 is 0.293 bits per heavy atom. The Labute approximate surface area is 336 Å². The molecule has 3 nitrogen and oxygen atoms in total. The first-order valence-electron chi connectivity index (χ1n) is 19.7. The molecule has 270 valence electrons. The number of rotatable bonds is 4. The molecule has 58 heavy (non-hydrogen) atoms. The molecule has 0 aliphatic rings. The van der Waals surface area contributed by atoms with E-state index in [9.17, 15) is 0 Å². The van der Waals surface area contributed by atoms with Gasteiger partial charge in [0.1, 0.15) is 11.2 Å². The molecule has 13 rings (SSSR count). The first kappa shape index (κ1) is 31.8. The molecule has 0 aliphatic carbocycles. The van der Waals surface area contributed by atoms with Crippen molar-refractivity contribution in [2.24, 2.45) is 0 Å². The minimum Gasteiger partial charge on any atom is -0.456 e. The van der Waals surface area contributed by atoms with Gasteiger partial charge in [-0.2, -0.15) is 0 Å². The molecule has 0 radical (unpaired) electrons. The van der Waals surface area contributed by atoms with Crippen LogP contribution in [0.15, 0.2) is 199 Å². The number of furan rings is 1. The van der Waals surface area contributed by atoms with Crippen LogP contribution < -0.4 is 0 Å². The maximum Gasteiger partial charge on any atom is 0.135 e. The molecule has 13 aromatic rings. The topological polar surface area (TPSA) is 23.0 Å². The average Bonchev–Trinajstić information content (AvgIpc) is 4.03. The molecule has 0 atom stereocenters. The Bertz CT molecular complexity index is 3820. The van der Waals surface area contributed by atoms with Gasteiger partial charge in [-0.1, -0.05) is 103 Å². The van der Waals surface area contributed by atoms with Crippen LogP contribution in [0.1, 0.15) is 0 Å². The van der Waals surface area contributed by atoms with Gasteiger partial charge in [0, 0.05) is 63.9 Å². The van der Waals surface area contributed by atoms with Crippen LogP contribution in [-0.2, 0) is 0 Å². The maximum atomic E-state index is 6.18. The number of para-hydroxylation sites is 3. The molecule has 0 aliphatic heterocycles. The molecule has 4 aromatic heterocycles. The van der Waals surface area contributed by atoms with E-state index in [0.29, 0.717) is 0 Å². The first-order chi connectivity index (χ1) is 28.7. The highest BCUT2D eigenvalue weighted by atomic mass is 32.1. The number of aromatic nitrogens is 2. The normalized spacial score (nSPS) is 12.1. The Hall–Kier alpha value is -7.40. The highest BCUT2D eigenvalue weighted by Gasteiger charge is 2.18. The number of fused-ring (bicyclic) bond motifs is 12. The lowest BCUT2D eigenvalue weighted by molar-refractivity contribution is 0.669. The predicted octanol–water partition coefficient (Wildman–Crippen LogP) is 15.5. The fraction of sp³-hybridized carbons (Fsp3) is 0. The van der Waals surface area contributed by atoms with Crippen LogP contribution in [0.3, 0.4) is 0 Å². The van der Waals surface area contributed by atoms with Crippen LogP contribution in [-0.4, -0.2) is 9.13 Å². The Morgan fingerprint density at radius 3 is 1.53 bits per heavy atom. The van der Waals surface area contributed by atoms with Crippen LogP contribution in [0.2, 0.25) is 0 Å². The van der Waals surface area contributed by atoms with E-state index < -0.39 is 0 Å². The van der Waals surface area contributed by atoms with Crippen molar-refractivity contribution in [3.05, 3.63) is 194 Å². The van der Waals surface area contributed by atoms with E-state index in [-0.39, 0.29) is 0 Å². The Morgan fingerprint density at radius 2 is 0.810 bits per heavy atom.